The zero-order valence-corrected chi connectivity index (χ0v) is 13.2. The second-order valence-corrected chi connectivity index (χ2v) is 7.15. The number of ether oxygens (including phenoxy) is 1. The van der Waals surface area contributed by atoms with Crippen LogP contribution in [0.25, 0.3) is 0 Å². The zero-order valence-electron chi connectivity index (χ0n) is 13.2. The van der Waals surface area contributed by atoms with Crippen molar-refractivity contribution in [3.05, 3.63) is 28.8 Å². The molecular formula is C18H26N2O. The number of likely N-dealkylation sites (tertiary alicyclic amines) is 1. The molecule has 1 aromatic carbocycles. The number of nitrogens with zero attached hydrogens (tertiary/aromatic N) is 1. The highest BCUT2D eigenvalue weighted by molar-refractivity contribution is 5.46. The van der Waals surface area contributed by atoms with Gasteiger partial charge in [0.15, 0.2) is 0 Å². The van der Waals surface area contributed by atoms with Crippen LogP contribution in [0.1, 0.15) is 48.4 Å². The summed E-state index contributed by atoms with van der Waals surface area (Å²) in [5.74, 6) is 1.14. The molecule has 0 saturated carbocycles. The van der Waals surface area contributed by atoms with Gasteiger partial charge in [-0.05, 0) is 63.5 Å². The number of benzene rings is 1. The summed E-state index contributed by atoms with van der Waals surface area (Å²) in [6.07, 6.45) is 4.99. The molecule has 3 nitrogen and oxygen atoms in total. The molecule has 4 rings (SSSR count). The maximum atomic E-state index is 6.52. The Bertz CT molecular complexity index is 542. The fourth-order valence-electron chi connectivity index (χ4n) is 4.26. The highest BCUT2D eigenvalue weighted by atomic mass is 16.5. The Morgan fingerprint density at radius 1 is 1.19 bits per heavy atom. The first-order valence-corrected chi connectivity index (χ1v) is 8.42. The van der Waals surface area contributed by atoms with Gasteiger partial charge in [-0.15, -0.1) is 0 Å². The van der Waals surface area contributed by atoms with E-state index in [0.717, 1.165) is 31.7 Å². The third kappa shape index (κ3) is 2.27. The number of fused-ring (bicyclic) bond motifs is 1. The summed E-state index contributed by atoms with van der Waals surface area (Å²) < 4.78 is 6.52. The molecule has 2 atom stereocenters. The molecule has 0 radical (unpaired) electrons. The van der Waals surface area contributed by atoms with Crippen molar-refractivity contribution in [3.8, 4) is 5.75 Å². The third-order valence-corrected chi connectivity index (χ3v) is 5.66. The standard InChI is InChI=1S/C18H26N2O/c1-13-9-15-16(20-7-3-4-8-20)11-18(5-6-19-12-18)21-17(15)10-14(13)2/h9-10,16,19H,3-8,11-12H2,1-2H3. The molecule has 3 aliphatic heterocycles. The van der Waals surface area contributed by atoms with Crippen LogP contribution in [0.2, 0.25) is 0 Å². The monoisotopic (exact) mass is 286 g/mol. The number of hydrogen-bond acceptors (Lipinski definition) is 3. The fourth-order valence-corrected chi connectivity index (χ4v) is 4.26. The lowest BCUT2D eigenvalue weighted by molar-refractivity contribution is 0.0227. The second-order valence-electron chi connectivity index (χ2n) is 7.15. The van der Waals surface area contributed by atoms with E-state index in [1.54, 1.807) is 0 Å². The zero-order chi connectivity index (χ0) is 14.4. The molecule has 0 bridgehead atoms. The molecule has 114 valence electrons. The Labute approximate surface area is 127 Å². The van der Waals surface area contributed by atoms with Crippen molar-refractivity contribution in [2.75, 3.05) is 26.2 Å². The van der Waals surface area contributed by atoms with Crippen LogP contribution in [0.5, 0.6) is 5.75 Å². The van der Waals surface area contributed by atoms with Crippen molar-refractivity contribution >= 4 is 0 Å². The first kappa shape index (κ1) is 13.6. The average molecular weight is 286 g/mol. The molecule has 3 heteroatoms. The lowest BCUT2D eigenvalue weighted by Crippen LogP contribution is -2.46. The summed E-state index contributed by atoms with van der Waals surface area (Å²) in [5.41, 5.74) is 4.19. The van der Waals surface area contributed by atoms with E-state index >= 15 is 0 Å². The van der Waals surface area contributed by atoms with Crippen LogP contribution in [0.3, 0.4) is 0 Å². The van der Waals surface area contributed by atoms with E-state index in [-0.39, 0.29) is 5.60 Å². The van der Waals surface area contributed by atoms with Crippen LogP contribution >= 0.6 is 0 Å². The van der Waals surface area contributed by atoms with E-state index in [4.69, 9.17) is 4.74 Å². The first-order chi connectivity index (χ1) is 10.2. The summed E-state index contributed by atoms with van der Waals surface area (Å²) in [7, 11) is 0. The molecular weight excluding hydrogens is 260 g/mol. The molecule has 2 saturated heterocycles. The van der Waals surface area contributed by atoms with Gasteiger partial charge in [0.2, 0.25) is 0 Å². The summed E-state index contributed by atoms with van der Waals surface area (Å²) >= 11 is 0. The lowest BCUT2D eigenvalue weighted by atomic mass is 9.84. The topological polar surface area (TPSA) is 24.5 Å². The smallest absolute Gasteiger partial charge is 0.125 e. The number of rotatable bonds is 1. The van der Waals surface area contributed by atoms with E-state index in [0.29, 0.717) is 6.04 Å². The Balaban J connectivity index is 1.76. The van der Waals surface area contributed by atoms with Crippen LogP contribution in [0.15, 0.2) is 12.1 Å². The molecule has 0 aliphatic carbocycles. The molecule has 0 aromatic heterocycles. The van der Waals surface area contributed by atoms with Gasteiger partial charge < -0.3 is 10.1 Å². The molecule has 3 heterocycles. The largest absolute Gasteiger partial charge is 0.485 e. The summed E-state index contributed by atoms with van der Waals surface area (Å²) in [4.78, 5) is 2.69. The van der Waals surface area contributed by atoms with Gasteiger partial charge in [-0.3, -0.25) is 4.90 Å². The van der Waals surface area contributed by atoms with E-state index in [2.05, 4.69) is 36.2 Å². The summed E-state index contributed by atoms with van der Waals surface area (Å²) in [5, 5.41) is 3.51. The van der Waals surface area contributed by atoms with Crippen LogP contribution in [-0.4, -0.2) is 36.7 Å². The maximum Gasteiger partial charge on any atom is 0.125 e. The Morgan fingerprint density at radius 2 is 1.95 bits per heavy atom. The highest BCUT2D eigenvalue weighted by Gasteiger charge is 2.45. The predicted molar refractivity (Wildman–Crippen MR) is 84.9 cm³/mol. The van der Waals surface area contributed by atoms with Gasteiger partial charge in [0.05, 0.1) is 0 Å². The predicted octanol–water partition coefficient (Wildman–Crippen LogP) is 2.95. The van der Waals surface area contributed by atoms with Crippen molar-refractivity contribution in [2.24, 2.45) is 0 Å². The van der Waals surface area contributed by atoms with Crippen LogP contribution in [-0.2, 0) is 0 Å². The molecule has 3 aliphatic rings. The van der Waals surface area contributed by atoms with Crippen molar-refractivity contribution in [3.63, 3.8) is 0 Å². The van der Waals surface area contributed by atoms with E-state index in [9.17, 15) is 0 Å². The molecule has 2 unspecified atom stereocenters. The normalized spacial score (nSPS) is 32.4. The SMILES string of the molecule is Cc1cc2c(cc1C)C(N1CCCC1)CC1(CCNC1)O2. The number of hydrogen-bond donors (Lipinski definition) is 1. The minimum atomic E-state index is 0.0297. The summed E-state index contributed by atoms with van der Waals surface area (Å²) in [6.45, 7) is 9.01. The van der Waals surface area contributed by atoms with Crippen LogP contribution < -0.4 is 10.1 Å². The lowest BCUT2D eigenvalue weighted by Gasteiger charge is -2.43. The Kier molecular flexibility index (Phi) is 3.23. The maximum absolute atomic E-state index is 6.52. The fraction of sp³-hybridized carbons (Fsp3) is 0.667. The average Bonchev–Trinajstić information content (AvgIpc) is 3.12. The Morgan fingerprint density at radius 3 is 2.67 bits per heavy atom. The van der Waals surface area contributed by atoms with Crippen LogP contribution in [0, 0.1) is 13.8 Å². The van der Waals surface area contributed by atoms with Crippen molar-refractivity contribution in [1.29, 1.82) is 0 Å². The van der Waals surface area contributed by atoms with Crippen molar-refractivity contribution in [1.82, 2.24) is 10.2 Å². The summed E-state index contributed by atoms with van der Waals surface area (Å²) in [6, 6.07) is 5.20. The van der Waals surface area contributed by atoms with E-state index in [1.807, 2.05) is 0 Å². The number of nitrogens with one attached hydrogen (secondary N) is 1. The van der Waals surface area contributed by atoms with Crippen molar-refractivity contribution < 1.29 is 4.74 Å². The molecule has 1 spiro atoms. The van der Waals surface area contributed by atoms with Crippen molar-refractivity contribution in [2.45, 2.75) is 51.2 Å². The number of aryl methyl sites for hydroxylation is 2. The van der Waals surface area contributed by atoms with Gasteiger partial charge in [-0.1, -0.05) is 6.07 Å². The Hall–Kier alpha value is -1.06. The van der Waals surface area contributed by atoms with E-state index in [1.165, 1.54) is 42.6 Å². The molecule has 1 aromatic rings. The van der Waals surface area contributed by atoms with Gasteiger partial charge in [0.25, 0.3) is 0 Å². The highest BCUT2D eigenvalue weighted by Crippen LogP contribution is 2.46. The second kappa shape index (κ2) is 4.99. The molecule has 21 heavy (non-hydrogen) atoms. The third-order valence-electron chi connectivity index (χ3n) is 5.66. The molecule has 2 fully saturated rings. The first-order valence-electron chi connectivity index (χ1n) is 8.42. The minimum absolute atomic E-state index is 0.0297. The van der Waals surface area contributed by atoms with Gasteiger partial charge >= 0.3 is 0 Å². The van der Waals surface area contributed by atoms with E-state index < -0.39 is 0 Å². The van der Waals surface area contributed by atoms with Gasteiger partial charge in [-0.2, -0.15) is 0 Å². The van der Waals surface area contributed by atoms with Gasteiger partial charge in [0.1, 0.15) is 11.4 Å². The van der Waals surface area contributed by atoms with Gasteiger partial charge in [0, 0.05) is 31.0 Å². The minimum Gasteiger partial charge on any atom is -0.485 e. The van der Waals surface area contributed by atoms with Gasteiger partial charge in [-0.25, -0.2) is 0 Å². The molecule has 1 N–H and O–H groups in total. The van der Waals surface area contributed by atoms with Crippen LogP contribution in [0.4, 0.5) is 0 Å². The quantitative estimate of drug-likeness (QED) is 0.859. The molecule has 0 amide bonds.